The lowest BCUT2D eigenvalue weighted by Crippen LogP contribution is -2.45. The number of unbranched alkanes of at least 4 members (excludes halogenated alkanes) is 1. The van der Waals surface area contributed by atoms with Crippen LogP contribution in [0.4, 0.5) is 4.39 Å². The summed E-state index contributed by atoms with van der Waals surface area (Å²) in [5, 5.41) is 3.39. The van der Waals surface area contributed by atoms with Crippen molar-refractivity contribution in [1.82, 2.24) is 10.2 Å². The van der Waals surface area contributed by atoms with Crippen molar-refractivity contribution in [2.45, 2.75) is 32.2 Å². The molecule has 2 rings (SSSR count). The molecule has 0 aromatic heterocycles. The minimum absolute atomic E-state index is 0.182. The monoisotopic (exact) mass is 328 g/mol. The lowest BCUT2D eigenvalue weighted by Gasteiger charge is -2.35. The van der Waals surface area contributed by atoms with Crippen molar-refractivity contribution in [3.63, 3.8) is 0 Å². The van der Waals surface area contributed by atoms with Crippen LogP contribution in [0.5, 0.6) is 0 Å². The molecule has 0 saturated carbocycles. The Labute approximate surface area is 123 Å². The maximum atomic E-state index is 13.4. The second-order valence-corrected chi connectivity index (χ2v) is 5.97. The lowest BCUT2D eigenvalue weighted by molar-refractivity contribution is 0.163. The number of hydrogen-bond acceptors (Lipinski definition) is 2. The minimum Gasteiger partial charge on any atom is -0.314 e. The molecule has 1 fully saturated rings. The first kappa shape index (κ1) is 14.9. The highest BCUT2D eigenvalue weighted by molar-refractivity contribution is 9.10. The van der Waals surface area contributed by atoms with E-state index in [-0.39, 0.29) is 5.82 Å². The van der Waals surface area contributed by atoms with Crippen LogP contribution in [-0.2, 0) is 0 Å². The highest BCUT2D eigenvalue weighted by Crippen LogP contribution is 2.29. The quantitative estimate of drug-likeness (QED) is 0.886. The number of piperazine rings is 1. The third-order valence-corrected chi connectivity index (χ3v) is 4.36. The van der Waals surface area contributed by atoms with E-state index in [0.29, 0.717) is 10.5 Å². The van der Waals surface area contributed by atoms with E-state index in [9.17, 15) is 4.39 Å². The van der Waals surface area contributed by atoms with Crippen molar-refractivity contribution >= 4 is 15.9 Å². The van der Waals surface area contributed by atoms with Crippen LogP contribution in [0.1, 0.15) is 37.8 Å². The summed E-state index contributed by atoms with van der Waals surface area (Å²) in [6, 6.07) is 5.86. The second kappa shape index (κ2) is 7.36. The van der Waals surface area contributed by atoms with E-state index < -0.39 is 0 Å². The molecule has 0 aliphatic carbocycles. The number of nitrogens with zero attached hydrogens (tertiary/aromatic N) is 1. The van der Waals surface area contributed by atoms with Crippen molar-refractivity contribution in [3.8, 4) is 0 Å². The average molecular weight is 329 g/mol. The Kier molecular flexibility index (Phi) is 5.79. The minimum atomic E-state index is -0.182. The summed E-state index contributed by atoms with van der Waals surface area (Å²) in [6.45, 7) is 6.46. The Hall–Kier alpha value is -0.450. The van der Waals surface area contributed by atoms with Gasteiger partial charge in [0.05, 0.1) is 4.47 Å². The Morgan fingerprint density at radius 2 is 2.11 bits per heavy atom. The van der Waals surface area contributed by atoms with E-state index in [1.165, 1.54) is 18.4 Å². The van der Waals surface area contributed by atoms with Crippen LogP contribution in [0, 0.1) is 5.82 Å². The van der Waals surface area contributed by atoms with Crippen LogP contribution >= 0.6 is 15.9 Å². The van der Waals surface area contributed by atoms with E-state index in [1.54, 1.807) is 6.07 Å². The maximum absolute atomic E-state index is 13.4. The maximum Gasteiger partial charge on any atom is 0.137 e. The van der Waals surface area contributed by atoms with Gasteiger partial charge in [-0.3, -0.25) is 4.90 Å². The predicted octanol–water partition coefficient (Wildman–Crippen LogP) is 3.72. The Bertz CT molecular complexity index is 405. The van der Waals surface area contributed by atoms with Gasteiger partial charge in [0.1, 0.15) is 5.82 Å². The molecule has 0 radical (unpaired) electrons. The molecule has 1 aromatic carbocycles. The van der Waals surface area contributed by atoms with E-state index >= 15 is 0 Å². The molecule has 0 amide bonds. The van der Waals surface area contributed by atoms with Gasteiger partial charge < -0.3 is 5.32 Å². The molecule has 1 aromatic rings. The van der Waals surface area contributed by atoms with Gasteiger partial charge in [-0.15, -0.1) is 0 Å². The third kappa shape index (κ3) is 4.01. The summed E-state index contributed by atoms with van der Waals surface area (Å²) in [7, 11) is 0. The van der Waals surface area contributed by atoms with E-state index in [4.69, 9.17) is 0 Å². The van der Waals surface area contributed by atoms with E-state index in [0.717, 1.165) is 32.6 Å². The van der Waals surface area contributed by atoms with Gasteiger partial charge in [-0.05, 0) is 40.0 Å². The van der Waals surface area contributed by atoms with E-state index in [1.807, 2.05) is 12.1 Å². The average Bonchev–Trinajstić information content (AvgIpc) is 2.44. The highest BCUT2D eigenvalue weighted by Gasteiger charge is 2.22. The molecule has 0 unspecified atom stereocenters. The van der Waals surface area contributed by atoms with Gasteiger partial charge in [0.15, 0.2) is 0 Å². The summed E-state index contributed by atoms with van der Waals surface area (Å²) in [6.07, 6.45) is 3.56. The zero-order chi connectivity index (χ0) is 13.7. The molecule has 19 heavy (non-hydrogen) atoms. The van der Waals surface area contributed by atoms with Gasteiger partial charge in [0.25, 0.3) is 0 Å². The van der Waals surface area contributed by atoms with Gasteiger partial charge in [-0.2, -0.15) is 0 Å². The number of nitrogens with one attached hydrogen (secondary N) is 1. The molecule has 1 atom stereocenters. The topological polar surface area (TPSA) is 15.3 Å². The second-order valence-electron chi connectivity index (χ2n) is 5.12. The van der Waals surface area contributed by atoms with Crippen LogP contribution in [0.3, 0.4) is 0 Å². The number of benzene rings is 1. The van der Waals surface area contributed by atoms with Crippen molar-refractivity contribution < 1.29 is 4.39 Å². The number of hydrogen-bond donors (Lipinski definition) is 1. The Balaban J connectivity index is 2.17. The van der Waals surface area contributed by atoms with Crippen molar-refractivity contribution in [1.29, 1.82) is 0 Å². The van der Waals surface area contributed by atoms with Crippen molar-refractivity contribution in [2.24, 2.45) is 0 Å². The molecule has 2 nitrogen and oxygen atoms in total. The molecule has 1 saturated heterocycles. The molecule has 1 aliphatic rings. The zero-order valence-electron chi connectivity index (χ0n) is 11.5. The molecular weight excluding hydrogens is 307 g/mol. The normalized spacial score (nSPS) is 18.5. The van der Waals surface area contributed by atoms with Gasteiger partial charge in [-0.25, -0.2) is 4.39 Å². The molecule has 0 spiro atoms. The first-order valence-corrected chi connectivity index (χ1v) is 7.91. The van der Waals surface area contributed by atoms with E-state index in [2.05, 4.69) is 33.1 Å². The zero-order valence-corrected chi connectivity index (χ0v) is 13.0. The number of rotatable bonds is 5. The van der Waals surface area contributed by atoms with Crippen LogP contribution in [-0.4, -0.2) is 31.1 Å². The molecule has 4 heteroatoms. The standard InChI is InChI=1S/C15H22BrFN2/c1-2-3-4-15(19-9-7-18-8-10-19)12-5-6-14(17)13(16)11-12/h5-6,11,15,18H,2-4,7-10H2,1H3/t15-/m0/s1. The summed E-state index contributed by atoms with van der Waals surface area (Å²) in [5.74, 6) is -0.182. The first-order valence-electron chi connectivity index (χ1n) is 7.12. The Morgan fingerprint density at radius 3 is 2.74 bits per heavy atom. The molecule has 0 bridgehead atoms. The Morgan fingerprint density at radius 1 is 1.37 bits per heavy atom. The van der Waals surface area contributed by atoms with Crippen LogP contribution in [0.15, 0.2) is 22.7 Å². The van der Waals surface area contributed by atoms with Gasteiger partial charge in [0.2, 0.25) is 0 Å². The lowest BCUT2D eigenvalue weighted by atomic mass is 9.99. The van der Waals surface area contributed by atoms with Gasteiger partial charge >= 0.3 is 0 Å². The smallest absolute Gasteiger partial charge is 0.137 e. The summed E-state index contributed by atoms with van der Waals surface area (Å²) < 4.78 is 14.0. The third-order valence-electron chi connectivity index (χ3n) is 3.75. The van der Waals surface area contributed by atoms with Crippen LogP contribution < -0.4 is 5.32 Å². The first-order chi connectivity index (χ1) is 9.22. The van der Waals surface area contributed by atoms with Gasteiger partial charge in [-0.1, -0.05) is 25.8 Å². The van der Waals surface area contributed by atoms with Crippen molar-refractivity contribution in [2.75, 3.05) is 26.2 Å². The van der Waals surface area contributed by atoms with Crippen LogP contribution in [0.2, 0.25) is 0 Å². The predicted molar refractivity (Wildman–Crippen MR) is 80.8 cm³/mol. The summed E-state index contributed by atoms with van der Waals surface area (Å²) >= 11 is 3.30. The van der Waals surface area contributed by atoms with Crippen molar-refractivity contribution in [3.05, 3.63) is 34.1 Å². The molecule has 1 aliphatic heterocycles. The highest BCUT2D eigenvalue weighted by atomic mass is 79.9. The summed E-state index contributed by atoms with van der Waals surface area (Å²) in [5.41, 5.74) is 1.23. The van der Waals surface area contributed by atoms with Crippen LogP contribution in [0.25, 0.3) is 0 Å². The fourth-order valence-corrected chi connectivity index (χ4v) is 3.07. The molecule has 106 valence electrons. The fraction of sp³-hybridized carbons (Fsp3) is 0.600. The molecule has 1 heterocycles. The molecule has 1 N–H and O–H groups in total. The molecular formula is C15H22BrFN2. The fourth-order valence-electron chi connectivity index (χ4n) is 2.67. The van der Waals surface area contributed by atoms with Gasteiger partial charge in [0, 0.05) is 32.2 Å². The number of halogens is 2. The largest absolute Gasteiger partial charge is 0.314 e. The SMILES string of the molecule is CCCC[C@@H](c1ccc(F)c(Br)c1)N1CCNCC1. The summed E-state index contributed by atoms with van der Waals surface area (Å²) in [4.78, 5) is 2.52.